The van der Waals surface area contributed by atoms with Crippen molar-refractivity contribution in [2.75, 3.05) is 13.1 Å². The van der Waals surface area contributed by atoms with E-state index in [9.17, 15) is 0 Å². The van der Waals surface area contributed by atoms with E-state index in [1.807, 2.05) is 0 Å². The fourth-order valence-corrected chi connectivity index (χ4v) is 1.92. The zero-order valence-electron chi connectivity index (χ0n) is 12.9. The van der Waals surface area contributed by atoms with E-state index in [1.165, 1.54) is 57.8 Å². The van der Waals surface area contributed by atoms with Crippen molar-refractivity contribution in [2.45, 2.75) is 78.1 Å². The first-order valence-electron chi connectivity index (χ1n) is 7.87. The smallest absolute Gasteiger partial charge is 0.188 e. The van der Waals surface area contributed by atoms with E-state index in [0.717, 1.165) is 19.5 Å². The van der Waals surface area contributed by atoms with Crippen LogP contribution in [0.25, 0.3) is 0 Å². The molecule has 0 fully saturated rings. The first-order chi connectivity index (χ1) is 8.81. The van der Waals surface area contributed by atoms with Crippen LogP contribution in [0, 0.1) is 5.41 Å². The minimum Gasteiger partial charge on any atom is -0.357 e. The van der Waals surface area contributed by atoms with Gasteiger partial charge in [-0.3, -0.25) is 5.41 Å². The van der Waals surface area contributed by atoms with Crippen molar-refractivity contribution in [2.24, 2.45) is 0 Å². The zero-order chi connectivity index (χ0) is 13.5. The van der Waals surface area contributed by atoms with E-state index >= 15 is 0 Å². The molecule has 0 aliphatic carbocycles. The van der Waals surface area contributed by atoms with Crippen molar-refractivity contribution in [1.82, 2.24) is 10.6 Å². The number of hydrogen-bond donors (Lipinski definition) is 3. The monoisotopic (exact) mass is 291 g/mol. The van der Waals surface area contributed by atoms with Crippen molar-refractivity contribution in [3.63, 3.8) is 0 Å². The molecule has 0 unspecified atom stereocenters. The minimum absolute atomic E-state index is 0. The predicted molar refractivity (Wildman–Crippen MR) is 88.5 cm³/mol. The van der Waals surface area contributed by atoms with Gasteiger partial charge in [-0.05, 0) is 12.8 Å². The number of halogens is 1. The third kappa shape index (κ3) is 17.6. The van der Waals surface area contributed by atoms with E-state index in [-0.39, 0.29) is 12.4 Å². The lowest BCUT2D eigenvalue weighted by Crippen LogP contribution is -2.37. The highest BCUT2D eigenvalue weighted by Gasteiger charge is 1.94. The molecule has 0 aliphatic heterocycles. The summed E-state index contributed by atoms with van der Waals surface area (Å²) >= 11 is 0. The van der Waals surface area contributed by atoms with Crippen LogP contribution in [0.15, 0.2) is 0 Å². The van der Waals surface area contributed by atoms with Gasteiger partial charge >= 0.3 is 0 Å². The first kappa shape index (κ1) is 20.9. The quantitative estimate of drug-likeness (QED) is 0.282. The molecular formula is C15H34ClN3. The molecule has 3 nitrogen and oxygen atoms in total. The van der Waals surface area contributed by atoms with Crippen LogP contribution in [0.4, 0.5) is 0 Å². The average molecular weight is 292 g/mol. The second-order valence-corrected chi connectivity index (χ2v) is 5.06. The maximum Gasteiger partial charge on any atom is 0.188 e. The molecule has 0 saturated carbocycles. The second-order valence-electron chi connectivity index (χ2n) is 5.06. The molecule has 19 heavy (non-hydrogen) atoms. The van der Waals surface area contributed by atoms with Gasteiger partial charge in [-0.25, -0.2) is 0 Å². The van der Waals surface area contributed by atoms with Gasteiger partial charge in [-0.1, -0.05) is 65.2 Å². The topological polar surface area (TPSA) is 47.9 Å². The number of hydrogen-bond acceptors (Lipinski definition) is 1. The van der Waals surface area contributed by atoms with Crippen molar-refractivity contribution in [3.05, 3.63) is 0 Å². The zero-order valence-corrected chi connectivity index (χ0v) is 13.7. The SMILES string of the molecule is CCCCCCCCCCNC(=N)NCCCC.Cl. The van der Waals surface area contributed by atoms with Crippen LogP contribution in [0.2, 0.25) is 0 Å². The number of unbranched alkanes of at least 4 members (excludes halogenated alkanes) is 8. The van der Waals surface area contributed by atoms with Crippen molar-refractivity contribution >= 4 is 18.4 Å². The van der Waals surface area contributed by atoms with Gasteiger partial charge in [0, 0.05) is 13.1 Å². The molecule has 4 heteroatoms. The maximum absolute atomic E-state index is 7.64. The average Bonchev–Trinajstić information content (AvgIpc) is 2.37. The van der Waals surface area contributed by atoms with Gasteiger partial charge in [0.2, 0.25) is 0 Å². The largest absolute Gasteiger partial charge is 0.357 e. The Bertz CT molecular complexity index is 186. The molecule has 0 aliphatic rings. The fraction of sp³-hybridized carbons (Fsp3) is 0.933. The van der Waals surface area contributed by atoms with Crippen LogP contribution in [0.1, 0.15) is 78.1 Å². The molecule has 0 rings (SSSR count). The molecule has 0 bridgehead atoms. The molecule has 0 radical (unpaired) electrons. The molecule has 0 spiro atoms. The van der Waals surface area contributed by atoms with Gasteiger partial charge in [0.15, 0.2) is 5.96 Å². The highest BCUT2D eigenvalue weighted by molar-refractivity contribution is 5.85. The third-order valence-electron chi connectivity index (χ3n) is 3.16. The number of rotatable bonds is 12. The summed E-state index contributed by atoms with van der Waals surface area (Å²) in [5.41, 5.74) is 0. The fourth-order valence-electron chi connectivity index (χ4n) is 1.92. The standard InChI is InChI=1S/C15H33N3.ClH/c1-3-5-7-8-9-10-11-12-14-18-15(16)17-13-6-4-2;/h3-14H2,1-2H3,(H3,16,17,18);1H. The minimum atomic E-state index is 0. The Kier molecular flexibility index (Phi) is 19.3. The lowest BCUT2D eigenvalue weighted by molar-refractivity contribution is 0.571. The van der Waals surface area contributed by atoms with E-state index in [4.69, 9.17) is 5.41 Å². The Morgan fingerprint density at radius 1 is 0.684 bits per heavy atom. The van der Waals surface area contributed by atoms with Gasteiger partial charge in [-0.2, -0.15) is 0 Å². The molecule has 3 N–H and O–H groups in total. The Hall–Kier alpha value is -0.440. The van der Waals surface area contributed by atoms with Crippen LogP contribution in [0.3, 0.4) is 0 Å². The Morgan fingerprint density at radius 3 is 1.63 bits per heavy atom. The summed E-state index contributed by atoms with van der Waals surface area (Å²) in [6.45, 7) is 6.28. The summed E-state index contributed by atoms with van der Waals surface area (Å²) in [6, 6.07) is 0. The molecule has 116 valence electrons. The predicted octanol–water partition coefficient (Wildman–Crippen LogP) is 4.46. The van der Waals surface area contributed by atoms with Crippen molar-refractivity contribution in [1.29, 1.82) is 5.41 Å². The number of nitrogens with one attached hydrogen (secondary N) is 3. The molecule has 0 aromatic rings. The van der Waals surface area contributed by atoms with E-state index in [0.29, 0.717) is 5.96 Å². The summed E-state index contributed by atoms with van der Waals surface area (Å²) in [7, 11) is 0. The van der Waals surface area contributed by atoms with Gasteiger partial charge in [0.05, 0.1) is 0 Å². The van der Waals surface area contributed by atoms with Crippen LogP contribution < -0.4 is 10.6 Å². The summed E-state index contributed by atoms with van der Waals surface area (Å²) in [6.07, 6.45) is 13.1. The van der Waals surface area contributed by atoms with Crippen LogP contribution in [-0.4, -0.2) is 19.0 Å². The van der Waals surface area contributed by atoms with Crippen LogP contribution in [0.5, 0.6) is 0 Å². The molecule has 0 amide bonds. The highest BCUT2D eigenvalue weighted by atomic mass is 35.5. The Labute approximate surface area is 126 Å². The summed E-state index contributed by atoms with van der Waals surface area (Å²) < 4.78 is 0. The lowest BCUT2D eigenvalue weighted by Gasteiger charge is -2.09. The molecule has 0 aromatic carbocycles. The Morgan fingerprint density at radius 2 is 1.11 bits per heavy atom. The van der Waals surface area contributed by atoms with E-state index in [1.54, 1.807) is 0 Å². The Balaban J connectivity index is 0. The van der Waals surface area contributed by atoms with Gasteiger partial charge in [-0.15, -0.1) is 12.4 Å². The van der Waals surface area contributed by atoms with E-state index in [2.05, 4.69) is 24.5 Å². The van der Waals surface area contributed by atoms with Crippen LogP contribution in [-0.2, 0) is 0 Å². The molecule has 0 atom stereocenters. The highest BCUT2D eigenvalue weighted by Crippen LogP contribution is 2.07. The molecule has 0 heterocycles. The normalized spacial score (nSPS) is 9.79. The van der Waals surface area contributed by atoms with Crippen molar-refractivity contribution in [3.8, 4) is 0 Å². The molecule has 0 aromatic heterocycles. The second kappa shape index (κ2) is 17.6. The first-order valence-corrected chi connectivity index (χ1v) is 7.87. The molecular weight excluding hydrogens is 258 g/mol. The molecule has 0 saturated heterocycles. The summed E-state index contributed by atoms with van der Waals surface area (Å²) in [5.74, 6) is 0.492. The van der Waals surface area contributed by atoms with Crippen molar-refractivity contribution < 1.29 is 0 Å². The number of guanidine groups is 1. The third-order valence-corrected chi connectivity index (χ3v) is 3.16. The lowest BCUT2D eigenvalue weighted by atomic mass is 10.1. The van der Waals surface area contributed by atoms with Crippen LogP contribution >= 0.6 is 12.4 Å². The van der Waals surface area contributed by atoms with Gasteiger partial charge in [0.25, 0.3) is 0 Å². The van der Waals surface area contributed by atoms with Gasteiger partial charge in [0.1, 0.15) is 0 Å². The summed E-state index contributed by atoms with van der Waals surface area (Å²) in [5, 5.41) is 13.8. The van der Waals surface area contributed by atoms with Gasteiger partial charge < -0.3 is 10.6 Å². The maximum atomic E-state index is 7.64. The summed E-state index contributed by atoms with van der Waals surface area (Å²) in [4.78, 5) is 0. The van der Waals surface area contributed by atoms with E-state index < -0.39 is 0 Å².